The highest BCUT2D eigenvalue weighted by molar-refractivity contribution is 7.72. The Bertz CT molecular complexity index is 940. The molecule has 0 saturated carbocycles. The van der Waals surface area contributed by atoms with Gasteiger partial charge in [-0.1, -0.05) is 29.8 Å². The summed E-state index contributed by atoms with van der Waals surface area (Å²) in [5.74, 6) is -0.809. The Labute approximate surface area is 168 Å². The number of nitrogens with zero attached hydrogens (tertiary/aromatic N) is 4. The highest BCUT2D eigenvalue weighted by Gasteiger charge is 2.41. The summed E-state index contributed by atoms with van der Waals surface area (Å²) in [6.45, 7) is 2.47. The van der Waals surface area contributed by atoms with Crippen LogP contribution in [0.15, 0.2) is 39.4 Å². The van der Waals surface area contributed by atoms with Crippen molar-refractivity contribution in [1.29, 1.82) is 0 Å². The van der Waals surface area contributed by atoms with E-state index in [9.17, 15) is 14.0 Å². The summed E-state index contributed by atoms with van der Waals surface area (Å²) in [6, 6.07) is 7.94. The largest absolute Gasteiger partial charge is 0.386 e. The molecule has 3 unspecified atom stereocenters. The molecule has 2 aliphatic rings. The van der Waals surface area contributed by atoms with Gasteiger partial charge in [-0.2, -0.15) is 5.10 Å². The Morgan fingerprint density at radius 3 is 2.48 bits per heavy atom. The van der Waals surface area contributed by atoms with E-state index >= 15 is 0 Å². The molecule has 2 heterocycles. The molecule has 0 bridgehead atoms. The number of amidine groups is 1. The molecule has 0 aromatic heterocycles. The molecule has 0 spiro atoms. The van der Waals surface area contributed by atoms with E-state index in [1.807, 2.05) is 31.2 Å². The van der Waals surface area contributed by atoms with Crippen LogP contribution in [0, 0.1) is 12.8 Å². The SMILES string of the molecule is Cc1ccc(C2=NN(CCCCP(=O)(O)CP(=O)(O)O)C3N=CN=C(N)C23)cc1. The van der Waals surface area contributed by atoms with Gasteiger partial charge >= 0.3 is 7.60 Å². The predicted molar refractivity (Wildman–Crippen MR) is 113 cm³/mol. The lowest BCUT2D eigenvalue weighted by Crippen LogP contribution is -2.42. The predicted octanol–water partition coefficient (Wildman–Crippen LogP) is 1.54. The van der Waals surface area contributed by atoms with Gasteiger partial charge in [-0.15, -0.1) is 0 Å². The highest BCUT2D eigenvalue weighted by Crippen LogP contribution is 2.54. The van der Waals surface area contributed by atoms with Crippen molar-refractivity contribution in [2.45, 2.75) is 25.9 Å². The molecular formula is C17H25N5O5P2. The van der Waals surface area contributed by atoms with E-state index < -0.39 is 20.9 Å². The van der Waals surface area contributed by atoms with Crippen LogP contribution in [0.3, 0.4) is 0 Å². The summed E-state index contributed by atoms with van der Waals surface area (Å²) in [6.07, 6.45) is 1.80. The smallest absolute Gasteiger partial charge is 0.335 e. The molecule has 0 saturated heterocycles. The molecule has 29 heavy (non-hydrogen) atoms. The quantitative estimate of drug-likeness (QED) is 0.351. The summed E-state index contributed by atoms with van der Waals surface area (Å²) < 4.78 is 22.9. The third-order valence-electron chi connectivity index (χ3n) is 4.78. The van der Waals surface area contributed by atoms with Gasteiger partial charge in [0.2, 0.25) is 7.37 Å². The van der Waals surface area contributed by atoms with Gasteiger partial charge in [-0.25, -0.2) is 9.98 Å². The first kappa shape index (κ1) is 21.9. The molecular weight excluding hydrogens is 416 g/mol. The van der Waals surface area contributed by atoms with Crippen LogP contribution in [-0.4, -0.2) is 62.4 Å². The second kappa shape index (κ2) is 8.50. The number of aryl methyl sites for hydroxylation is 1. The van der Waals surface area contributed by atoms with Crippen molar-refractivity contribution in [2.24, 2.45) is 26.7 Å². The van der Waals surface area contributed by atoms with Crippen molar-refractivity contribution in [2.75, 3.05) is 18.6 Å². The minimum Gasteiger partial charge on any atom is -0.386 e. The van der Waals surface area contributed by atoms with Crippen molar-refractivity contribution in [3.63, 3.8) is 0 Å². The summed E-state index contributed by atoms with van der Waals surface area (Å²) in [5, 5.41) is 6.49. The summed E-state index contributed by atoms with van der Waals surface area (Å²) >= 11 is 0. The summed E-state index contributed by atoms with van der Waals surface area (Å²) in [5.41, 5.74) is 8.97. The molecule has 5 N–H and O–H groups in total. The number of benzene rings is 1. The zero-order chi connectivity index (χ0) is 21.2. The summed E-state index contributed by atoms with van der Waals surface area (Å²) in [7, 11) is -8.39. The van der Waals surface area contributed by atoms with Crippen molar-refractivity contribution < 1.29 is 23.8 Å². The number of hydrazone groups is 1. The minimum atomic E-state index is -4.52. The average molecular weight is 441 g/mol. The number of fused-ring (bicyclic) bond motifs is 1. The average Bonchev–Trinajstić information content (AvgIpc) is 2.97. The molecule has 1 aromatic rings. The Morgan fingerprint density at radius 2 is 1.83 bits per heavy atom. The first-order valence-corrected chi connectivity index (χ1v) is 13.0. The van der Waals surface area contributed by atoms with E-state index in [4.69, 9.17) is 20.6 Å². The van der Waals surface area contributed by atoms with Crippen LogP contribution in [0.5, 0.6) is 0 Å². The first-order valence-electron chi connectivity index (χ1n) is 9.18. The third-order valence-corrected chi connectivity index (χ3v) is 9.03. The van der Waals surface area contributed by atoms with E-state index in [2.05, 4.69) is 9.98 Å². The molecule has 158 valence electrons. The zero-order valence-electron chi connectivity index (χ0n) is 16.0. The number of hydrogen-bond acceptors (Lipinski definition) is 7. The van der Waals surface area contributed by atoms with Crippen LogP contribution in [0.25, 0.3) is 0 Å². The van der Waals surface area contributed by atoms with Gasteiger partial charge in [0.05, 0.1) is 5.71 Å². The number of hydrogen-bond donors (Lipinski definition) is 4. The number of aliphatic imine (C=N–C) groups is 2. The van der Waals surface area contributed by atoms with E-state index in [-0.39, 0.29) is 18.2 Å². The fraction of sp³-hybridized carbons (Fsp3) is 0.471. The fourth-order valence-electron chi connectivity index (χ4n) is 3.41. The van der Waals surface area contributed by atoms with Crippen LogP contribution in [-0.2, 0) is 9.13 Å². The molecule has 0 fully saturated rings. The van der Waals surface area contributed by atoms with Crippen molar-refractivity contribution in [3.05, 3.63) is 35.4 Å². The monoisotopic (exact) mass is 441 g/mol. The highest BCUT2D eigenvalue weighted by atomic mass is 31.2. The standard InChI is InChI=1S/C17H25N5O5P2/c1-12-4-6-13(7-5-12)15-14-16(18)19-10-20-17(14)22(21-15)8-2-3-9-28(23,24)11-29(25,26)27/h4-7,10,14,17H,2-3,8-9,11H2,1H3,(H,23,24)(H2,18,19,20)(H2,25,26,27). The molecule has 3 atom stereocenters. The minimum absolute atomic E-state index is 0.151. The molecule has 2 aliphatic heterocycles. The molecule has 12 heteroatoms. The van der Waals surface area contributed by atoms with E-state index in [1.165, 1.54) is 6.34 Å². The molecule has 0 amide bonds. The fourth-order valence-corrected chi connectivity index (χ4v) is 7.00. The van der Waals surface area contributed by atoms with Gasteiger partial charge in [0.15, 0.2) is 6.17 Å². The molecule has 0 radical (unpaired) electrons. The van der Waals surface area contributed by atoms with Gasteiger partial charge in [0.25, 0.3) is 0 Å². The normalized spacial score (nSPS) is 23.4. The lowest BCUT2D eigenvalue weighted by Gasteiger charge is -2.26. The van der Waals surface area contributed by atoms with E-state index in [0.717, 1.165) is 16.8 Å². The first-order chi connectivity index (χ1) is 13.6. The van der Waals surface area contributed by atoms with Gasteiger partial charge < -0.3 is 20.4 Å². The van der Waals surface area contributed by atoms with Crippen LogP contribution in [0.1, 0.15) is 24.0 Å². The Morgan fingerprint density at radius 1 is 1.14 bits per heavy atom. The maximum Gasteiger partial charge on any atom is 0.335 e. The second-order valence-corrected chi connectivity index (χ2v) is 11.9. The van der Waals surface area contributed by atoms with Gasteiger partial charge in [-0.05, 0) is 25.3 Å². The van der Waals surface area contributed by atoms with Crippen molar-refractivity contribution in [1.82, 2.24) is 5.01 Å². The Hall–Kier alpha value is -1.83. The van der Waals surface area contributed by atoms with Crippen LogP contribution in [0.4, 0.5) is 0 Å². The summed E-state index contributed by atoms with van der Waals surface area (Å²) in [4.78, 5) is 36.1. The Balaban J connectivity index is 1.67. The molecule has 3 rings (SSSR count). The van der Waals surface area contributed by atoms with Gasteiger partial charge in [0.1, 0.15) is 24.0 Å². The maximum absolute atomic E-state index is 11.9. The van der Waals surface area contributed by atoms with E-state index in [1.54, 1.807) is 5.01 Å². The number of nitrogens with two attached hydrogens (primary N) is 1. The van der Waals surface area contributed by atoms with Gasteiger partial charge in [0, 0.05) is 12.7 Å². The second-order valence-electron chi connectivity index (χ2n) is 7.31. The third kappa shape index (κ3) is 5.62. The van der Waals surface area contributed by atoms with Crippen LogP contribution in [0.2, 0.25) is 0 Å². The van der Waals surface area contributed by atoms with Crippen LogP contribution < -0.4 is 5.73 Å². The van der Waals surface area contributed by atoms with Crippen LogP contribution >= 0.6 is 15.0 Å². The molecule has 10 nitrogen and oxygen atoms in total. The van der Waals surface area contributed by atoms with Crippen molar-refractivity contribution in [3.8, 4) is 0 Å². The Kier molecular flexibility index (Phi) is 6.41. The number of unbranched alkanes of at least 4 members (excludes halogenated alkanes) is 1. The molecule has 1 aromatic carbocycles. The van der Waals surface area contributed by atoms with Crippen molar-refractivity contribution >= 4 is 32.9 Å². The molecule has 0 aliphatic carbocycles. The lowest BCUT2D eigenvalue weighted by molar-refractivity contribution is 0.220. The number of rotatable bonds is 8. The van der Waals surface area contributed by atoms with E-state index in [0.29, 0.717) is 25.2 Å². The lowest BCUT2D eigenvalue weighted by atomic mass is 9.93. The topological polar surface area (TPSA) is 161 Å². The van der Waals surface area contributed by atoms with Gasteiger partial charge in [-0.3, -0.25) is 14.1 Å². The maximum atomic E-state index is 11.9. The zero-order valence-corrected chi connectivity index (χ0v) is 17.8.